The zero-order valence-corrected chi connectivity index (χ0v) is 9.69. The second kappa shape index (κ2) is 5.33. The lowest BCUT2D eigenvalue weighted by Crippen LogP contribution is -2.13. The standard InChI is InChI=1S/C14H14N2O2/c15-14(16-18)12-8-6-11(7-9-12)13(17)10-4-2-1-3-5-10/h1-9,13,17-18H,(H2,15,16). The van der Waals surface area contributed by atoms with Gasteiger partial charge < -0.3 is 16.0 Å². The van der Waals surface area contributed by atoms with Crippen LogP contribution in [0.25, 0.3) is 0 Å². The molecule has 0 heterocycles. The summed E-state index contributed by atoms with van der Waals surface area (Å²) in [5.74, 6) is 0.0516. The Morgan fingerprint density at radius 1 is 0.944 bits per heavy atom. The molecule has 2 aromatic carbocycles. The first-order chi connectivity index (χ1) is 8.72. The van der Waals surface area contributed by atoms with E-state index < -0.39 is 6.10 Å². The van der Waals surface area contributed by atoms with Crippen molar-refractivity contribution in [1.82, 2.24) is 0 Å². The number of hydrogen-bond donors (Lipinski definition) is 3. The van der Waals surface area contributed by atoms with E-state index in [9.17, 15) is 5.11 Å². The Kier molecular flexibility index (Phi) is 3.60. The third-order valence-corrected chi connectivity index (χ3v) is 2.75. The predicted octanol–water partition coefficient (Wildman–Crippen LogP) is 1.86. The Bertz CT molecular complexity index is 535. The number of rotatable bonds is 3. The van der Waals surface area contributed by atoms with E-state index in [1.165, 1.54) is 0 Å². The van der Waals surface area contributed by atoms with Crippen molar-refractivity contribution in [3.8, 4) is 0 Å². The second-order valence-electron chi connectivity index (χ2n) is 3.92. The van der Waals surface area contributed by atoms with Gasteiger partial charge in [-0.3, -0.25) is 0 Å². The minimum atomic E-state index is -0.674. The van der Waals surface area contributed by atoms with E-state index in [1.807, 2.05) is 30.3 Å². The average molecular weight is 242 g/mol. The van der Waals surface area contributed by atoms with Crippen molar-refractivity contribution >= 4 is 5.84 Å². The number of oxime groups is 1. The van der Waals surface area contributed by atoms with Crippen LogP contribution >= 0.6 is 0 Å². The molecule has 92 valence electrons. The summed E-state index contributed by atoms with van der Waals surface area (Å²) in [7, 11) is 0. The Balaban J connectivity index is 2.25. The van der Waals surface area contributed by atoms with E-state index in [-0.39, 0.29) is 5.84 Å². The van der Waals surface area contributed by atoms with Gasteiger partial charge in [0.1, 0.15) is 6.10 Å². The smallest absolute Gasteiger partial charge is 0.170 e. The summed E-state index contributed by atoms with van der Waals surface area (Å²) in [4.78, 5) is 0. The fourth-order valence-corrected chi connectivity index (χ4v) is 1.72. The van der Waals surface area contributed by atoms with Gasteiger partial charge in [0, 0.05) is 5.56 Å². The van der Waals surface area contributed by atoms with Crippen molar-refractivity contribution in [2.75, 3.05) is 0 Å². The zero-order valence-electron chi connectivity index (χ0n) is 9.69. The monoisotopic (exact) mass is 242 g/mol. The van der Waals surface area contributed by atoms with Crippen LogP contribution in [0.4, 0.5) is 0 Å². The molecule has 0 aliphatic rings. The van der Waals surface area contributed by atoms with Crippen molar-refractivity contribution in [2.24, 2.45) is 10.9 Å². The Labute approximate surface area is 105 Å². The molecule has 0 saturated heterocycles. The largest absolute Gasteiger partial charge is 0.409 e. The van der Waals surface area contributed by atoms with Crippen LogP contribution < -0.4 is 5.73 Å². The molecule has 2 aromatic rings. The Morgan fingerprint density at radius 2 is 1.50 bits per heavy atom. The molecular weight excluding hydrogens is 228 g/mol. The molecule has 1 unspecified atom stereocenters. The molecule has 0 spiro atoms. The molecule has 2 rings (SSSR count). The molecule has 0 bridgehead atoms. The fraction of sp³-hybridized carbons (Fsp3) is 0.0714. The summed E-state index contributed by atoms with van der Waals surface area (Å²) in [6.45, 7) is 0. The molecule has 4 N–H and O–H groups in total. The normalized spacial score (nSPS) is 13.3. The van der Waals surface area contributed by atoms with Crippen molar-refractivity contribution in [1.29, 1.82) is 0 Å². The Hall–Kier alpha value is -2.33. The van der Waals surface area contributed by atoms with Gasteiger partial charge >= 0.3 is 0 Å². The summed E-state index contributed by atoms with van der Waals surface area (Å²) in [5.41, 5.74) is 7.67. The highest BCUT2D eigenvalue weighted by Crippen LogP contribution is 2.21. The first-order valence-electron chi connectivity index (χ1n) is 5.53. The van der Waals surface area contributed by atoms with Crippen LogP contribution in [-0.4, -0.2) is 16.1 Å². The molecule has 0 aromatic heterocycles. The van der Waals surface area contributed by atoms with E-state index in [1.54, 1.807) is 24.3 Å². The topological polar surface area (TPSA) is 78.8 Å². The first kappa shape index (κ1) is 12.1. The van der Waals surface area contributed by atoms with Gasteiger partial charge in [-0.1, -0.05) is 59.8 Å². The summed E-state index contributed by atoms with van der Waals surface area (Å²) >= 11 is 0. The highest BCUT2D eigenvalue weighted by Gasteiger charge is 2.10. The molecule has 4 heteroatoms. The number of nitrogens with two attached hydrogens (primary N) is 1. The molecule has 0 amide bonds. The predicted molar refractivity (Wildman–Crippen MR) is 69.5 cm³/mol. The lowest BCUT2D eigenvalue weighted by atomic mass is 10.0. The van der Waals surface area contributed by atoms with Gasteiger partial charge in [-0.25, -0.2) is 0 Å². The quantitative estimate of drug-likeness (QED) is 0.333. The van der Waals surface area contributed by atoms with Gasteiger partial charge in [0.05, 0.1) is 0 Å². The molecule has 0 aliphatic carbocycles. The molecule has 0 aliphatic heterocycles. The molecular formula is C14H14N2O2. The maximum atomic E-state index is 10.2. The van der Waals surface area contributed by atoms with Crippen LogP contribution in [0, 0.1) is 0 Å². The number of aliphatic hydroxyl groups is 1. The fourth-order valence-electron chi connectivity index (χ4n) is 1.72. The van der Waals surface area contributed by atoms with Gasteiger partial charge in [-0.2, -0.15) is 0 Å². The van der Waals surface area contributed by atoms with Gasteiger partial charge in [0.25, 0.3) is 0 Å². The maximum Gasteiger partial charge on any atom is 0.170 e. The average Bonchev–Trinajstić information content (AvgIpc) is 2.47. The van der Waals surface area contributed by atoms with E-state index in [0.29, 0.717) is 5.56 Å². The van der Waals surface area contributed by atoms with Crippen molar-refractivity contribution < 1.29 is 10.3 Å². The zero-order chi connectivity index (χ0) is 13.0. The maximum absolute atomic E-state index is 10.2. The van der Waals surface area contributed by atoms with E-state index >= 15 is 0 Å². The molecule has 4 nitrogen and oxygen atoms in total. The summed E-state index contributed by atoms with van der Waals surface area (Å²) in [6, 6.07) is 16.3. The highest BCUT2D eigenvalue weighted by molar-refractivity contribution is 5.96. The summed E-state index contributed by atoms with van der Waals surface area (Å²) < 4.78 is 0. The third kappa shape index (κ3) is 2.49. The minimum absolute atomic E-state index is 0.0516. The van der Waals surface area contributed by atoms with Crippen LogP contribution in [0.3, 0.4) is 0 Å². The van der Waals surface area contributed by atoms with Crippen LogP contribution in [0.15, 0.2) is 59.8 Å². The molecule has 1 atom stereocenters. The van der Waals surface area contributed by atoms with Crippen molar-refractivity contribution in [2.45, 2.75) is 6.10 Å². The summed E-state index contributed by atoms with van der Waals surface area (Å²) in [5, 5.41) is 21.6. The summed E-state index contributed by atoms with van der Waals surface area (Å²) in [6.07, 6.45) is -0.674. The first-order valence-corrected chi connectivity index (χ1v) is 5.53. The SMILES string of the molecule is NC(=NO)c1ccc(C(O)c2ccccc2)cc1. The number of nitrogens with zero attached hydrogens (tertiary/aromatic N) is 1. The van der Waals surface area contributed by atoms with E-state index in [2.05, 4.69) is 5.16 Å². The van der Waals surface area contributed by atoms with Gasteiger partial charge in [0.2, 0.25) is 0 Å². The number of aliphatic hydroxyl groups excluding tert-OH is 1. The van der Waals surface area contributed by atoms with E-state index in [4.69, 9.17) is 10.9 Å². The number of amidine groups is 1. The lowest BCUT2D eigenvalue weighted by molar-refractivity contribution is 0.220. The molecule has 0 radical (unpaired) electrons. The third-order valence-electron chi connectivity index (χ3n) is 2.75. The Morgan fingerprint density at radius 3 is 2.06 bits per heavy atom. The number of benzene rings is 2. The van der Waals surface area contributed by atoms with Gasteiger partial charge in [-0.05, 0) is 11.1 Å². The molecule has 0 saturated carbocycles. The minimum Gasteiger partial charge on any atom is -0.409 e. The second-order valence-corrected chi connectivity index (χ2v) is 3.92. The van der Waals surface area contributed by atoms with E-state index in [0.717, 1.165) is 11.1 Å². The van der Waals surface area contributed by atoms with Crippen LogP contribution in [-0.2, 0) is 0 Å². The number of hydrogen-bond acceptors (Lipinski definition) is 3. The lowest BCUT2D eigenvalue weighted by Gasteiger charge is -2.11. The van der Waals surface area contributed by atoms with Crippen molar-refractivity contribution in [3.63, 3.8) is 0 Å². The molecule has 18 heavy (non-hydrogen) atoms. The van der Waals surface area contributed by atoms with Crippen LogP contribution in [0.2, 0.25) is 0 Å². The molecule has 0 fully saturated rings. The van der Waals surface area contributed by atoms with Crippen LogP contribution in [0.5, 0.6) is 0 Å². The van der Waals surface area contributed by atoms with Crippen molar-refractivity contribution in [3.05, 3.63) is 71.3 Å². The van der Waals surface area contributed by atoms with Crippen LogP contribution in [0.1, 0.15) is 22.8 Å². The van der Waals surface area contributed by atoms with Gasteiger partial charge in [-0.15, -0.1) is 0 Å². The highest BCUT2D eigenvalue weighted by atomic mass is 16.4. The van der Waals surface area contributed by atoms with Gasteiger partial charge in [0.15, 0.2) is 5.84 Å².